The van der Waals surface area contributed by atoms with Crippen molar-refractivity contribution in [1.29, 1.82) is 0 Å². The third-order valence-corrected chi connectivity index (χ3v) is 5.91. The van der Waals surface area contributed by atoms with Gasteiger partial charge in [0.15, 0.2) is 11.0 Å². The van der Waals surface area contributed by atoms with E-state index < -0.39 is 4.92 Å². The standard InChI is InChI=1S/C24H27N5O4S/c1-5-12-28-22(14-33-21-13-17(4)6-11-20(21)16(2)3)26-27-24(28)34-15-23(30)25-18-7-9-19(10-8-18)29(31)32/h5-11,13,16H,1,12,14-15H2,2-4H3,(H,25,30). The predicted octanol–water partition coefficient (Wildman–Crippen LogP) is 5.11. The molecule has 34 heavy (non-hydrogen) atoms. The number of ether oxygens (including phenoxy) is 1. The summed E-state index contributed by atoms with van der Waals surface area (Å²) in [6, 6.07) is 11.8. The third kappa shape index (κ3) is 6.44. The fraction of sp³-hybridized carbons (Fsp3) is 0.292. The number of amides is 1. The second-order valence-electron chi connectivity index (χ2n) is 7.92. The molecule has 3 rings (SSSR count). The Balaban J connectivity index is 1.64. The lowest BCUT2D eigenvalue weighted by Gasteiger charge is -2.15. The highest BCUT2D eigenvalue weighted by atomic mass is 32.2. The van der Waals surface area contributed by atoms with Gasteiger partial charge in [0, 0.05) is 24.4 Å². The summed E-state index contributed by atoms with van der Waals surface area (Å²) in [5.41, 5.74) is 2.68. The SMILES string of the molecule is C=CCn1c(COc2cc(C)ccc2C(C)C)nnc1SCC(=O)Nc1ccc([N+](=O)[O-])cc1. The van der Waals surface area contributed by atoms with Gasteiger partial charge in [-0.3, -0.25) is 19.5 Å². The Kier molecular flexibility index (Phi) is 8.42. The second kappa shape index (κ2) is 11.5. The summed E-state index contributed by atoms with van der Waals surface area (Å²) in [5.74, 6) is 1.62. The largest absolute Gasteiger partial charge is 0.485 e. The molecule has 1 amide bonds. The smallest absolute Gasteiger partial charge is 0.269 e. The van der Waals surface area contributed by atoms with Crippen molar-refractivity contribution < 1.29 is 14.5 Å². The van der Waals surface area contributed by atoms with Crippen LogP contribution in [0.2, 0.25) is 0 Å². The van der Waals surface area contributed by atoms with Gasteiger partial charge in [0.1, 0.15) is 12.4 Å². The molecular weight excluding hydrogens is 454 g/mol. The van der Waals surface area contributed by atoms with E-state index in [1.54, 1.807) is 6.08 Å². The maximum absolute atomic E-state index is 12.4. The highest BCUT2D eigenvalue weighted by Gasteiger charge is 2.16. The molecule has 0 fully saturated rings. The second-order valence-corrected chi connectivity index (χ2v) is 8.87. The molecule has 0 spiro atoms. The van der Waals surface area contributed by atoms with Crippen molar-refractivity contribution in [2.45, 2.75) is 45.0 Å². The number of aromatic nitrogens is 3. The van der Waals surface area contributed by atoms with Gasteiger partial charge in [0.05, 0.1) is 10.7 Å². The van der Waals surface area contributed by atoms with Crippen LogP contribution in [0.1, 0.15) is 36.7 Å². The van der Waals surface area contributed by atoms with E-state index in [1.807, 2.05) is 17.6 Å². The van der Waals surface area contributed by atoms with E-state index in [9.17, 15) is 14.9 Å². The van der Waals surface area contributed by atoms with Crippen molar-refractivity contribution in [2.24, 2.45) is 0 Å². The Morgan fingerprint density at radius 2 is 2.00 bits per heavy atom. The molecule has 3 aromatic rings. The number of nitrogens with zero attached hydrogens (tertiary/aromatic N) is 4. The minimum absolute atomic E-state index is 0.0363. The Bertz CT molecular complexity index is 1170. The number of thioether (sulfide) groups is 1. The zero-order chi connectivity index (χ0) is 24.7. The number of nitrogens with one attached hydrogen (secondary N) is 1. The third-order valence-electron chi connectivity index (χ3n) is 4.95. The Labute approximate surface area is 202 Å². The number of rotatable bonds is 11. The number of hydrogen-bond acceptors (Lipinski definition) is 7. The molecule has 0 aliphatic heterocycles. The van der Waals surface area contributed by atoms with Gasteiger partial charge in [0.25, 0.3) is 5.69 Å². The summed E-state index contributed by atoms with van der Waals surface area (Å²) < 4.78 is 7.97. The van der Waals surface area contributed by atoms with Gasteiger partial charge in [-0.1, -0.05) is 43.8 Å². The van der Waals surface area contributed by atoms with Gasteiger partial charge in [-0.25, -0.2) is 0 Å². The summed E-state index contributed by atoms with van der Waals surface area (Å²) >= 11 is 1.24. The molecule has 9 nitrogen and oxygen atoms in total. The molecule has 0 unspecified atom stereocenters. The van der Waals surface area contributed by atoms with Crippen molar-refractivity contribution in [3.05, 3.63) is 82.2 Å². The molecule has 0 atom stereocenters. The van der Waals surface area contributed by atoms with Crippen LogP contribution >= 0.6 is 11.8 Å². The van der Waals surface area contributed by atoms with Crippen LogP contribution in [0.5, 0.6) is 5.75 Å². The Morgan fingerprint density at radius 3 is 2.65 bits per heavy atom. The first kappa shape index (κ1) is 25.0. The highest BCUT2D eigenvalue weighted by molar-refractivity contribution is 7.99. The first-order valence-corrected chi connectivity index (χ1v) is 11.7. The molecule has 10 heteroatoms. The van der Waals surface area contributed by atoms with Gasteiger partial charge in [-0.05, 0) is 42.2 Å². The average molecular weight is 482 g/mol. The van der Waals surface area contributed by atoms with Crippen LogP contribution in [0.15, 0.2) is 60.3 Å². The number of benzene rings is 2. The molecule has 178 valence electrons. The summed E-state index contributed by atoms with van der Waals surface area (Å²) in [5, 5.41) is 22.5. The van der Waals surface area contributed by atoms with Crippen LogP contribution in [0.3, 0.4) is 0 Å². The molecule has 1 heterocycles. The van der Waals surface area contributed by atoms with Gasteiger partial charge < -0.3 is 10.1 Å². The number of aryl methyl sites for hydroxylation is 1. The topological polar surface area (TPSA) is 112 Å². The van der Waals surface area contributed by atoms with Crippen molar-refractivity contribution in [3.63, 3.8) is 0 Å². The minimum atomic E-state index is -0.488. The summed E-state index contributed by atoms with van der Waals surface area (Å²) in [6.45, 7) is 10.8. The fourth-order valence-corrected chi connectivity index (χ4v) is 3.99. The maximum atomic E-state index is 12.4. The number of carbonyl (C=O) groups is 1. The molecule has 2 aromatic carbocycles. The molecule has 0 saturated carbocycles. The zero-order valence-electron chi connectivity index (χ0n) is 19.4. The molecule has 0 saturated heterocycles. The summed E-state index contributed by atoms with van der Waals surface area (Å²) in [6.07, 6.45) is 1.74. The van der Waals surface area contributed by atoms with Crippen molar-refractivity contribution in [3.8, 4) is 5.75 Å². The molecule has 0 aliphatic carbocycles. The molecule has 0 radical (unpaired) electrons. The van der Waals surface area contributed by atoms with Crippen LogP contribution in [0.25, 0.3) is 0 Å². The first-order valence-electron chi connectivity index (χ1n) is 10.7. The highest BCUT2D eigenvalue weighted by Crippen LogP contribution is 2.28. The normalized spacial score (nSPS) is 10.8. The number of anilines is 1. The van der Waals surface area contributed by atoms with E-state index in [2.05, 4.69) is 48.1 Å². The molecule has 1 aromatic heterocycles. The molecule has 1 N–H and O–H groups in total. The Morgan fingerprint density at radius 1 is 1.26 bits per heavy atom. The minimum Gasteiger partial charge on any atom is -0.485 e. The van der Waals surface area contributed by atoms with E-state index in [1.165, 1.54) is 36.0 Å². The van der Waals surface area contributed by atoms with Crippen LogP contribution < -0.4 is 10.1 Å². The van der Waals surface area contributed by atoms with Crippen molar-refractivity contribution in [1.82, 2.24) is 14.8 Å². The number of hydrogen-bond donors (Lipinski definition) is 1. The average Bonchev–Trinajstić information content (AvgIpc) is 3.18. The van der Waals surface area contributed by atoms with E-state index in [4.69, 9.17) is 4.74 Å². The molecular formula is C24H27N5O4S. The monoisotopic (exact) mass is 481 g/mol. The lowest BCUT2D eigenvalue weighted by molar-refractivity contribution is -0.384. The molecule has 0 bridgehead atoms. The van der Waals surface area contributed by atoms with Gasteiger partial charge in [-0.15, -0.1) is 16.8 Å². The van der Waals surface area contributed by atoms with E-state index >= 15 is 0 Å². The maximum Gasteiger partial charge on any atom is 0.269 e. The first-order chi connectivity index (χ1) is 16.3. The number of nitro groups is 1. The van der Waals surface area contributed by atoms with Gasteiger partial charge in [-0.2, -0.15) is 0 Å². The van der Waals surface area contributed by atoms with E-state index in [0.29, 0.717) is 29.1 Å². The number of nitro benzene ring substituents is 1. The zero-order valence-corrected chi connectivity index (χ0v) is 20.2. The van der Waals surface area contributed by atoms with E-state index in [-0.39, 0.29) is 24.0 Å². The van der Waals surface area contributed by atoms with Crippen LogP contribution in [0.4, 0.5) is 11.4 Å². The van der Waals surface area contributed by atoms with Gasteiger partial charge in [0.2, 0.25) is 5.91 Å². The predicted molar refractivity (Wildman–Crippen MR) is 132 cm³/mol. The van der Waals surface area contributed by atoms with Crippen molar-refractivity contribution >= 4 is 29.0 Å². The van der Waals surface area contributed by atoms with Gasteiger partial charge >= 0.3 is 0 Å². The number of allylic oxidation sites excluding steroid dienone is 1. The lowest BCUT2D eigenvalue weighted by atomic mass is 10.0. The number of non-ortho nitro benzene ring substituents is 1. The van der Waals surface area contributed by atoms with Crippen LogP contribution in [-0.2, 0) is 17.9 Å². The van der Waals surface area contributed by atoms with Crippen LogP contribution in [0, 0.1) is 17.0 Å². The van der Waals surface area contributed by atoms with Crippen LogP contribution in [-0.4, -0.2) is 31.3 Å². The quantitative estimate of drug-likeness (QED) is 0.175. The molecule has 0 aliphatic rings. The fourth-order valence-electron chi connectivity index (χ4n) is 3.22. The summed E-state index contributed by atoms with van der Waals surface area (Å²) in [7, 11) is 0. The van der Waals surface area contributed by atoms with Crippen molar-refractivity contribution in [2.75, 3.05) is 11.1 Å². The Hall–Kier alpha value is -3.66. The lowest BCUT2D eigenvalue weighted by Crippen LogP contribution is -2.15. The van der Waals surface area contributed by atoms with E-state index in [0.717, 1.165) is 16.9 Å². The number of carbonyl (C=O) groups excluding carboxylic acids is 1. The summed E-state index contributed by atoms with van der Waals surface area (Å²) in [4.78, 5) is 22.6.